The van der Waals surface area contributed by atoms with Crippen molar-refractivity contribution in [2.24, 2.45) is 0 Å². The summed E-state index contributed by atoms with van der Waals surface area (Å²) < 4.78 is 5.50. The van der Waals surface area contributed by atoms with Gasteiger partial charge in [0.1, 0.15) is 5.58 Å². The molecule has 4 heteroatoms. The van der Waals surface area contributed by atoms with Gasteiger partial charge >= 0.3 is 6.03 Å². The van der Waals surface area contributed by atoms with Gasteiger partial charge in [-0.15, -0.1) is 0 Å². The lowest BCUT2D eigenvalue weighted by molar-refractivity contribution is 0.233. The van der Waals surface area contributed by atoms with Crippen molar-refractivity contribution < 1.29 is 9.21 Å². The van der Waals surface area contributed by atoms with Crippen LogP contribution in [0.2, 0.25) is 0 Å². The Bertz CT molecular complexity index is 600. The molecule has 1 aliphatic rings. The molecule has 0 aliphatic heterocycles. The van der Waals surface area contributed by atoms with Crippen LogP contribution in [0.15, 0.2) is 34.9 Å². The second-order valence-electron chi connectivity index (χ2n) is 5.74. The van der Waals surface area contributed by atoms with Crippen LogP contribution in [0.5, 0.6) is 0 Å². The Morgan fingerprint density at radius 2 is 2.00 bits per heavy atom. The zero-order valence-electron chi connectivity index (χ0n) is 12.2. The van der Waals surface area contributed by atoms with Crippen LogP contribution in [-0.4, -0.2) is 18.6 Å². The minimum atomic E-state index is -0.0466. The monoisotopic (exact) mass is 286 g/mol. The molecule has 3 rings (SSSR count). The Hall–Kier alpha value is -1.97. The highest BCUT2D eigenvalue weighted by Crippen LogP contribution is 2.20. The minimum Gasteiger partial charge on any atom is -0.464 e. The van der Waals surface area contributed by atoms with Crippen molar-refractivity contribution in [1.29, 1.82) is 0 Å². The van der Waals surface area contributed by atoms with E-state index in [2.05, 4.69) is 16.7 Å². The molecule has 4 nitrogen and oxygen atoms in total. The summed E-state index contributed by atoms with van der Waals surface area (Å²) in [5, 5.41) is 7.14. The first-order valence-corrected chi connectivity index (χ1v) is 7.82. The van der Waals surface area contributed by atoms with Gasteiger partial charge in [-0.05, 0) is 30.9 Å². The van der Waals surface area contributed by atoms with Gasteiger partial charge in [0, 0.05) is 18.0 Å². The summed E-state index contributed by atoms with van der Waals surface area (Å²) in [6, 6.07) is 8.29. The molecule has 0 unspecified atom stereocenters. The van der Waals surface area contributed by atoms with Crippen LogP contribution < -0.4 is 10.6 Å². The maximum absolute atomic E-state index is 11.9. The zero-order valence-corrected chi connectivity index (χ0v) is 12.2. The molecule has 0 spiro atoms. The number of carbonyl (C=O) groups is 1. The lowest BCUT2D eigenvalue weighted by Crippen LogP contribution is -2.43. The zero-order chi connectivity index (χ0) is 14.5. The first kappa shape index (κ1) is 14.0. The molecule has 0 radical (unpaired) electrons. The Labute approximate surface area is 124 Å². The fourth-order valence-electron chi connectivity index (χ4n) is 3.02. The molecule has 21 heavy (non-hydrogen) atoms. The van der Waals surface area contributed by atoms with Gasteiger partial charge in [0.25, 0.3) is 0 Å². The van der Waals surface area contributed by atoms with Crippen molar-refractivity contribution >= 4 is 17.0 Å². The molecule has 0 bridgehead atoms. The van der Waals surface area contributed by atoms with E-state index < -0.39 is 0 Å². The van der Waals surface area contributed by atoms with E-state index in [0.29, 0.717) is 12.6 Å². The third-order valence-electron chi connectivity index (χ3n) is 4.18. The Morgan fingerprint density at radius 3 is 2.86 bits per heavy atom. The molecular formula is C17H22N2O2. The van der Waals surface area contributed by atoms with Gasteiger partial charge in [-0.2, -0.15) is 0 Å². The molecule has 0 atom stereocenters. The van der Waals surface area contributed by atoms with Gasteiger partial charge in [-0.25, -0.2) is 4.79 Å². The van der Waals surface area contributed by atoms with Crippen molar-refractivity contribution in [2.45, 2.75) is 44.6 Å². The highest BCUT2D eigenvalue weighted by molar-refractivity contribution is 5.81. The van der Waals surface area contributed by atoms with Crippen LogP contribution >= 0.6 is 0 Å². The molecule has 2 amide bonds. The Morgan fingerprint density at radius 1 is 1.19 bits per heavy atom. The van der Waals surface area contributed by atoms with Crippen molar-refractivity contribution in [3.8, 4) is 0 Å². The number of rotatable bonds is 4. The topological polar surface area (TPSA) is 54.3 Å². The first-order chi connectivity index (χ1) is 10.3. The molecule has 2 N–H and O–H groups in total. The molecule has 1 aromatic carbocycles. The van der Waals surface area contributed by atoms with E-state index in [1.807, 2.05) is 18.2 Å². The summed E-state index contributed by atoms with van der Waals surface area (Å²) >= 11 is 0. The second kappa shape index (κ2) is 6.66. The summed E-state index contributed by atoms with van der Waals surface area (Å²) in [5.74, 6) is 0. The summed E-state index contributed by atoms with van der Waals surface area (Å²) in [6.45, 7) is 0.627. The number of furan rings is 1. The molecular weight excluding hydrogens is 264 g/mol. The molecule has 1 aliphatic carbocycles. The molecule has 112 valence electrons. The first-order valence-electron chi connectivity index (χ1n) is 7.82. The average Bonchev–Trinajstić information content (AvgIpc) is 2.92. The van der Waals surface area contributed by atoms with E-state index in [1.54, 1.807) is 6.26 Å². The highest BCUT2D eigenvalue weighted by atomic mass is 16.3. The third kappa shape index (κ3) is 3.57. The number of para-hydroxylation sites is 1. The normalized spacial score (nSPS) is 16.0. The quantitative estimate of drug-likeness (QED) is 0.902. The predicted molar refractivity (Wildman–Crippen MR) is 83.3 cm³/mol. The average molecular weight is 286 g/mol. The number of carbonyl (C=O) groups excluding carboxylic acids is 1. The van der Waals surface area contributed by atoms with Gasteiger partial charge in [0.2, 0.25) is 0 Å². The number of fused-ring (bicyclic) bond motifs is 1. The van der Waals surface area contributed by atoms with Crippen LogP contribution in [0, 0.1) is 0 Å². The van der Waals surface area contributed by atoms with Gasteiger partial charge in [0.15, 0.2) is 0 Å². The summed E-state index contributed by atoms with van der Waals surface area (Å²) in [7, 11) is 0. The van der Waals surface area contributed by atoms with E-state index in [4.69, 9.17) is 4.42 Å². The van der Waals surface area contributed by atoms with Gasteiger partial charge in [-0.1, -0.05) is 37.5 Å². The summed E-state index contributed by atoms with van der Waals surface area (Å²) in [5.41, 5.74) is 2.04. The van der Waals surface area contributed by atoms with E-state index >= 15 is 0 Å². The maximum Gasteiger partial charge on any atom is 0.315 e. The van der Waals surface area contributed by atoms with Crippen LogP contribution in [0.25, 0.3) is 11.0 Å². The lowest BCUT2D eigenvalue weighted by atomic mass is 9.96. The van der Waals surface area contributed by atoms with E-state index in [9.17, 15) is 4.79 Å². The summed E-state index contributed by atoms with van der Waals surface area (Å²) in [4.78, 5) is 11.9. The summed E-state index contributed by atoms with van der Waals surface area (Å²) in [6.07, 6.45) is 8.55. The largest absolute Gasteiger partial charge is 0.464 e. The fourth-order valence-corrected chi connectivity index (χ4v) is 3.02. The van der Waals surface area contributed by atoms with Gasteiger partial charge in [0.05, 0.1) is 6.26 Å². The molecule has 1 fully saturated rings. The Kier molecular flexibility index (Phi) is 4.43. The van der Waals surface area contributed by atoms with Crippen molar-refractivity contribution in [3.63, 3.8) is 0 Å². The number of benzene rings is 1. The number of nitrogens with one attached hydrogen (secondary N) is 2. The number of amides is 2. The van der Waals surface area contributed by atoms with Crippen molar-refractivity contribution in [1.82, 2.24) is 10.6 Å². The van der Waals surface area contributed by atoms with E-state index in [1.165, 1.54) is 19.3 Å². The molecule has 1 aromatic heterocycles. The van der Waals surface area contributed by atoms with Gasteiger partial charge in [-0.3, -0.25) is 0 Å². The third-order valence-corrected chi connectivity index (χ3v) is 4.18. The van der Waals surface area contributed by atoms with Crippen LogP contribution in [-0.2, 0) is 6.42 Å². The number of hydrogen-bond acceptors (Lipinski definition) is 2. The van der Waals surface area contributed by atoms with E-state index in [0.717, 1.165) is 35.8 Å². The smallest absolute Gasteiger partial charge is 0.315 e. The molecule has 0 saturated heterocycles. The second-order valence-corrected chi connectivity index (χ2v) is 5.74. The minimum absolute atomic E-state index is 0.0466. The number of urea groups is 1. The molecule has 2 aromatic rings. The SMILES string of the molecule is O=C(NCCc1coc2ccccc12)NC1CCCCC1. The maximum atomic E-state index is 11.9. The van der Waals surface area contributed by atoms with E-state index in [-0.39, 0.29) is 6.03 Å². The Balaban J connectivity index is 1.46. The van der Waals surface area contributed by atoms with Crippen LogP contribution in [0.3, 0.4) is 0 Å². The number of hydrogen-bond donors (Lipinski definition) is 2. The van der Waals surface area contributed by atoms with Crippen molar-refractivity contribution in [3.05, 3.63) is 36.1 Å². The van der Waals surface area contributed by atoms with Crippen LogP contribution in [0.4, 0.5) is 4.79 Å². The highest BCUT2D eigenvalue weighted by Gasteiger charge is 2.15. The molecule has 1 saturated carbocycles. The lowest BCUT2D eigenvalue weighted by Gasteiger charge is -2.22. The predicted octanol–water partition coefficient (Wildman–Crippen LogP) is 3.61. The fraction of sp³-hybridized carbons (Fsp3) is 0.471. The molecule has 1 heterocycles. The van der Waals surface area contributed by atoms with Crippen LogP contribution in [0.1, 0.15) is 37.7 Å². The van der Waals surface area contributed by atoms with Crippen molar-refractivity contribution in [2.75, 3.05) is 6.54 Å². The van der Waals surface area contributed by atoms with Gasteiger partial charge < -0.3 is 15.1 Å². The standard InChI is InChI=1S/C17H22N2O2/c20-17(19-14-6-2-1-3-7-14)18-11-10-13-12-21-16-9-5-4-8-15(13)16/h4-5,8-9,12,14H,1-3,6-7,10-11H2,(H2,18,19,20).